The molecule has 21 heavy (non-hydrogen) atoms. The van der Waals surface area contributed by atoms with Crippen LogP contribution in [0.4, 0.5) is 0 Å². The van der Waals surface area contributed by atoms with Crippen molar-refractivity contribution in [2.24, 2.45) is 0 Å². The third kappa shape index (κ3) is 4.70. The SMILES string of the molecule is O=C(Cc1ccccc1O)N[C@@H]1CCOC[C@H]1OCCO. The molecule has 0 spiro atoms. The molecule has 1 aliphatic heterocycles. The van der Waals surface area contributed by atoms with Crippen LogP contribution in [0.2, 0.25) is 0 Å². The molecule has 1 heterocycles. The average molecular weight is 295 g/mol. The number of hydrogen-bond donors (Lipinski definition) is 3. The second-order valence-corrected chi connectivity index (χ2v) is 4.98. The van der Waals surface area contributed by atoms with Crippen LogP contribution in [0.15, 0.2) is 24.3 Å². The van der Waals surface area contributed by atoms with Crippen molar-refractivity contribution < 1.29 is 24.5 Å². The second-order valence-electron chi connectivity index (χ2n) is 4.98. The lowest BCUT2D eigenvalue weighted by Crippen LogP contribution is -2.50. The quantitative estimate of drug-likeness (QED) is 0.698. The first-order chi connectivity index (χ1) is 10.2. The summed E-state index contributed by atoms with van der Waals surface area (Å²) in [5, 5.41) is 21.4. The van der Waals surface area contributed by atoms with E-state index in [1.54, 1.807) is 24.3 Å². The number of carbonyl (C=O) groups is 1. The van der Waals surface area contributed by atoms with Crippen molar-refractivity contribution >= 4 is 5.91 Å². The number of ether oxygens (including phenoxy) is 2. The first-order valence-electron chi connectivity index (χ1n) is 7.07. The van der Waals surface area contributed by atoms with Gasteiger partial charge >= 0.3 is 0 Å². The van der Waals surface area contributed by atoms with Crippen LogP contribution in [-0.4, -0.2) is 54.7 Å². The van der Waals surface area contributed by atoms with Gasteiger partial charge in [-0.25, -0.2) is 0 Å². The minimum absolute atomic E-state index is 0.0605. The van der Waals surface area contributed by atoms with Crippen LogP contribution in [0.5, 0.6) is 5.75 Å². The van der Waals surface area contributed by atoms with Gasteiger partial charge in [-0.05, 0) is 12.5 Å². The van der Waals surface area contributed by atoms with Gasteiger partial charge in [-0.1, -0.05) is 18.2 Å². The third-order valence-corrected chi connectivity index (χ3v) is 3.42. The van der Waals surface area contributed by atoms with Crippen molar-refractivity contribution in [3.05, 3.63) is 29.8 Å². The minimum Gasteiger partial charge on any atom is -0.508 e. The number of aliphatic hydroxyl groups is 1. The fourth-order valence-corrected chi connectivity index (χ4v) is 2.34. The standard InChI is InChI=1S/C15H21NO5/c17-6-8-21-14-10-20-7-5-12(14)16-15(19)9-11-3-1-2-4-13(11)18/h1-4,12,14,17-18H,5-10H2,(H,16,19)/t12-,14-/m1/s1. The summed E-state index contributed by atoms with van der Waals surface area (Å²) in [5.41, 5.74) is 0.592. The smallest absolute Gasteiger partial charge is 0.224 e. The molecule has 0 unspecified atom stereocenters. The summed E-state index contributed by atoms with van der Waals surface area (Å²) in [6, 6.07) is 6.64. The fraction of sp³-hybridized carbons (Fsp3) is 0.533. The van der Waals surface area contributed by atoms with Gasteiger partial charge in [-0.3, -0.25) is 4.79 Å². The van der Waals surface area contributed by atoms with Crippen LogP contribution in [-0.2, 0) is 20.7 Å². The van der Waals surface area contributed by atoms with Crippen LogP contribution in [0.1, 0.15) is 12.0 Å². The number of hydrogen-bond acceptors (Lipinski definition) is 5. The number of rotatable bonds is 6. The molecule has 1 fully saturated rings. The maximum atomic E-state index is 12.1. The Labute approximate surface area is 123 Å². The Kier molecular flexibility index (Phi) is 5.98. The van der Waals surface area contributed by atoms with Crippen molar-refractivity contribution in [2.45, 2.75) is 25.0 Å². The predicted molar refractivity (Wildman–Crippen MR) is 76.0 cm³/mol. The van der Waals surface area contributed by atoms with E-state index >= 15 is 0 Å². The van der Waals surface area contributed by atoms with Gasteiger partial charge in [0.25, 0.3) is 0 Å². The van der Waals surface area contributed by atoms with E-state index in [4.69, 9.17) is 14.6 Å². The number of nitrogens with one attached hydrogen (secondary N) is 1. The molecule has 116 valence electrons. The Hall–Kier alpha value is -1.63. The van der Waals surface area contributed by atoms with Crippen molar-refractivity contribution in [3.63, 3.8) is 0 Å². The molecule has 1 saturated heterocycles. The number of benzene rings is 1. The Morgan fingerprint density at radius 1 is 1.43 bits per heavy atom. The molecule has 6 nitrogen and oxygen atoms in total. The Bertz CT molecular complexity index is 465. The van der Waals surface area contributed by atoms with Gasteiger partial charge in [0.15, 0.2) is 0 Å². The number of phenolic OH excluding ortho intramolecular Hbond substituents is 1. The number of phenols is 1. The van der Waals surface area contributed by atoms with E-state index in [9.17, 15) is 9.90 Å². The Morgan fingerprint density at radius 3 is 3.00 bits per heavy atom. The monoisotopic (exact) mass is 295 g/mol. The molecule has 3 N–H and O–H groups in total. The molecule has 1 aromatic carbocycles. The summed E-state index contributed by atoms with van der Waals surface area (Å²) in [6.07, 6.45) is 0.540. The van der Waals surface area contributed by atoms with Crippen LogP contribution in [0.25, 0.3) is 0 Å². The van der Waals surface area contributed by atoms with E-state index in [1.165, 1.54) is 0 Å². The summed E-state index contributed by atoms with van der Waals surface area (Å²) in [7, 11) is 0. The molecule has 0 aromatic heterocycles. The highest BCUT2D eigenvalue weighted by atomic mass is 16.5. The number of amides is 1. The molecule has 1 amide bonds. The van der Waals surface area contributed by atoms with Gasteiger partial charge < -0.3 is 25.0 Å². The highest BCUT2D eigenvalue weighted by molar-refractivity contribution is 5.79. The van der Waals surface area contributed by atoms with Crippen LogP contribution in [0, 0.1) is 0 Å². The molecule has 0 radical (unpaired) electrons. The first kappa shape index (κ1) is 15.8. The van der Waals surface area contributed by atoms with Gasteiger partial charge in [0, 0.05) is 12.2 Å². The number of para-hydroxylation sites is 1. The lowest BCUT2D eigenvalue weighted by atomic mass is 10.0. The molecule has 0 saturated carbocycles. The van der Waals surface area contributed by atoms with E-state index < -0.39 is 0 Å². The molecule has 0 aliphatic carbocycles. The van der Waals surface area contributed by atoms with Gasteiger partial charge in [-0.15, -0.1) is 0 Å². The van der Waals surface area contributed by atoms with Crippen molar-refractivity contribution in [1.82, 2.24) is 5.32 Å². The molecular formula is C15H21NO5. The second kappa shape index (κ2) is 7.97. The zero-order valence-corrected chi connectivity index (χ0v) is 11.8. The minimum atomic E-state index is -0.251. The number of aliphatic hydroxyl groups excluding tert-OH is 1. The summed E-state index contributed by atoms with van der Waals surface area (Å²) < 4.78 is 10.8. The maximum Gasteiger partial charge on any atom is 0.224 e. The molecule has 6 heteroatoms. The average Bonchev–Trinajstić information content (AvgIpc) is 2.49. The summed E-state index contributed by atoms with van der Waals surface area (Å²) >= 11 is 0. The highest BCUT2D eigenvalue weighted by Crippen LogP contribution is 2.17. The van der Waals surface area contributed by atoms with E-state index in [1.807, 2.05) is 0 Å². The van der Waals surface area contributed by atoms with Gasteiger partial charge in [0.2, 0.25) is 5.91 Å². The van der Waals surface area contributed by atoms with Crippen molar-refractivity contribution in [3.8, 4) is 5.75 Å². The van der Waals surface area contributed by atoms with E-state index in [0.717, 1.165) is 0 Å². The lowest BCUT2D eigenvalue weighted by molar-refractivity contribution is -0.125. The molecule has 0 bridgehead atoms. The van der Waals surface area contributed by atoms with E-state index in [0.29, 0.717) is 25.2 Å². The summed E-state index contributed by atoms with van der Waals surface area (Å²) in [4.78, 5) is 12.1. The molecule has 2 atom stereocenters. The van der Waals surface area contributed by atoms with Crippen molar-refractivity contribution in [2.75, 3.05) is 26.4 Å². The largest absolute Gasteiger partial charge is 0.508 e. The topological polar surface area (TPSA) is 88.0 Å². The summed E-state index contributed by atoms with van der Waals surface area (Å²) in [5.74, 6) is -0.0475. The Morgan fingerprint density at radius 2 is 2.24 bits per heavy atom. The van der Waals surface area contributed by atoms with Crippen LogP contribution < -0.4 is 5.32 Å². The molecule has 2 rings (SSSR count). The predicted octanol–water partition coefficient (Wildman–Crippen LogP) is 0.217. The zero-order chi connectivity index (χ0) is 15.1. The number of aromatic hydroxyl groups is 1. The number of carbonyl (C=O) groups excluding carboxylic acids is 1. The Balaban J connectivity index is 1.89. The van der Waals surface area contributed by atoms with Crippen LogP contribution >= 0.6 is 0 Å². The van der Waals surface area contributed by atoms with Crippen molar-refractivity contribution in [1.29, 1.82) is 0 Å². The summed E-state index contributed by atoms with van der Waals surface area (Å²) in [6.45, 7) is 1.14. The lowest BCUT2D eigenvalue weighted by Gasteiger charge is -2.32. The third-order valence-electron chi connectivity index (χ3n) is 3.42. The van der Waals surface area contributed by atoms with E-state index in [2.05, 4.69) is 5.32 Å². The first-order valence-corrected chi connectivity index (χ1v) is 7.07. The van der Waals surface area contributed by atoms with Gasteiger partial charge in [-0.2, -0.15) is 0 Å². The fourth-order valence-electron chi connectivity index (χ4n) is 2.34. The van der Waals surface area contributed by atoms with Gasteiger partial charge in [0.1, 0.15) is 11.9 Å². The van der Waals surface area contributed by atoms with E-state index in [-0.39, 0.29) is 43.4 Å². The normalized spacial score (nSPS) is 22.0. The highest BCUT2D eigenvalue weighted by Gasteiger charge is 2.27. The zero-order valence-electron chi connectivity index (χ0n) is 11.8. The maximum absolute atomic E-state index is 12.1. The molecule has 1 aliphatic rings. The van der Waals surface area contributed by atoms with Gasteiger partial charge in [0.05, 0.1) is 32.3 Å². The molecular weight excluding hydrogens is 274 g/mol. The molecule has 1 aromatic rings. The van der Waals surface area contributed by atoms with Crippen LogP contribution in [0.3, 0.4) is 0 Å².